The third kappa shape index (κ3) is 11.3. The van der Waals surface area contributed by atoms with Gasteiger partial charge >= 0.3 is 0 Å². The highest BCUT2D eigenvalue weighted by Gasteiger charge is 2.25. The molecule has 4 heterocycles. The molecule has 0 spiro atoms. The van der Waals surface area contributed by atoms with Crippen LogP contribution in [-0.2, 0) is 28.9 Å². The number of nitrogens with zero attached hydrogens (tertiary/aromatic N) is 5. The molecule has 10 nitrogen and oxygen atoms in total. The number of ether oxygens (including phenoxy) is 4. The van der Waals surface area contributed by atoms with Crippen LogP contribution in [0.25, 0.3) is 0 Å². The first-order valence-electron chi connectivity index (χ1n) is 21.3. The van der Waals surface area contributed by atoms with Gasteiger partial charge in [0.2, 0.25) is 0 Å². The van der Waals surface area contributed by atoms with Crippen LogP contribution in [0, 0.1) is 11.3 Å². The summed E-state index contributed by atoms with van der Waals surface area (Å²) < 4.78 is 22.7. The normalized spacial score (nSPS) is 19.3. The molecule has 4 aliphatic rings. The number of hydrogen-bond acceptors (Lipinski definition) is 10. The van der Waals surface area contributed by atoms with Gasteiger partial charge in [-0.1, -0.05) is 38.1 Å². The maximum atomic E-state index is 9.11. The first-order valence-corrected chi connectivity index (χ1v) is 21.3. The standard InChI is InChI=1S/C23H27N3O2.C23H31N3O2.C2H6/c1-27-21-5-3-20(4-6-21)26-13-11-25(12-14-26)10-8-23-22-7-2-18(17-24)16-19(22)9-15-28-23;1-27-21-6-4-20(5-7-21)26-13-11-25(12-14-26)10-8-23-22-16-18(17-24)2-3-19(22)9-15-28-23;1-2/h2-7,16,23H,8-15H2,1H3;2-7,16,23H,8-15,17,24H2,1H3;1-2H3. The summed E-state index contributed by atoms with van der Waals surface area (Å²) in [5, 5.41) is 9.11. The fraction of sp³-hybridized carbons (Fsp3) is 0.479. The number of piperazine rings is 2. The van der Waals surface area contributed by atoms with E-state index in [1.807, 2.05) is 50.2 Å². The zero-order chi connectivity index (χ0) is 40.7. The Balaban J connectivity index is 0.000000188. The summed E-state index contributed by atoms with van der Waals surface area (Å²) in [4.78, 5) is 9.98. The minimum Gasteiger partial charge on any atom is -0.497 e. The molecule has 4 aromatic carbocycles. The van der Waals surface area contributed by atoms with E-state index < -0.39 is 0 Å². The van der Waals surface area contributed by atoms with Crippen molar-refractivity contribution in [3.8, 4) is 17.6 Å². The van der Waals surface area contributed by atoms with Crippen LogP contribution >= 0.6 is 0 Å². The fourth-order valence-corrected chi connectivity index (χ4v) is 8.43. The molecular formula is C48H64N6O4. The Kier molecular flexibility index (Phi) is 16.2. The molecule has 58 heavy (non-hydrogen) atoms. The molecule has 0 aromatic heterocycles. The van der Waals surface area contributed by atoms with Gasteiger partial charge in [-0.25, -0.2) is 0 Å². The molecule has 0 radical (unpaired) electrons. The second-order valence-electron chi connectivity index (χ2n) is 15.1. The molecule has 10 heteroatoms. The maximum absolute atomic E-state index is 9.11. The maximum Gasteiger partial charge on any atom is 0.119 e. The summed E-state index contributed by atoms with van der Waals surface area (Å²) in [7, 11) is 3.41. The minimum atomic E-state index is 0.149. The lowest BCUT2D eigenvalue weighted by molar-refractivity contribution is 0.0287. The number of nitriles is 1. The van der Waals surface area contributed by atoms with Crippen LogP contribution < -0.4 is 25.0 Å². The highest BCUT2D eigenvalue weighted by molar-refractivity contribution is 5.50. The largest absolute Gasteiger partial charge is 0.497 e. The second-order valence-corrected chi connectivity index (χ2v) is 15.1. The van der Waals surface area contributed by atoms with Gasteiger partial charge in [0.15, 0.2) is 0 Å². The highest BCUT2D eigenvalue weighted by Crippen LogP contribution is 2.32. The van der Waals surface area contributed by atoms with Crippen molar-refractivity contribution < 1.29 is 18.9 Å². The Bertz CT molecular complexity index is 1880. The number of hydrogen-bond donors (Lipinski definition) is 1. The Labute approximate surface area is 347 Å². The lowest BCUT2D eigenvalue weighted by Crippen LogP contribution is -2.46. The van der Waals surface area contributed by atoms with Crippen molar-refractivity contribution in [3.63, 3.8) is 0 Å². The predicted octanol–water partition coefficient (Wildman–Crippen LogP) is 7.40. The average molecular weight is 789 g/mol. The molecule has 310 valence electrons. The Morgan fingerprint density at radius 2 is 1.12 bits per heavy atom. The molecule has 2 fully saturated rings. The van der Waals surface area contributed by atoms with Crippen LogP contribution in [-0.4, -0.2) is 103 Å². The van der Waals surface area contributed by atoms with E-state index in [9.17, 15) is 0 Å². The van der Waals surface area contributed by atoms with E-state index in [4.69, 9.17) is 29.9 Å². The van der Waals surface area contributed by atoms with Crippen molar-refractivity contribution in [2.45, 2.75) is 58.3 Å². The Morgan fingerprint density at radius 3 is 1.60 bits per heavy atom. The van der Waals surface area contributed by atoms with E-state index in [1.165, 1.54) is 39.2 Å². The molecule has 0 bridgehead atoms. The third-order valence-corrected chi connectivity index (χ3v) is 11.8. The van der Waals surface area contributed by atoms with Crippen molar-refractivity contribution in [1.82, 2.24) is 9.80 Å². The van der Waals surface area contributed by atoms with E-state index in [2.05, 4.69) is 74.2 Å². The van der Waals surface area contributed by atoms with Gasteiger partial charge in [0, 0.05) is 83.4 Å². The van der Waals surface area contributed by atoms with Crippen molar-refractivity contribution >= 4 is 11.4 Å². The van der Waals surface area contributed by atoms with Gasteiger partial charge in [0.05, 0.1) is 51.3 Å². The molecule has 2 saturated heterocycles. The van der Waals surface area contributed by atoms with Gasteiger partial charge < -0.3 is 34.5 Å². The highest BCUT2D eigenvalue weighted by atomic mass is 16.5. The van der Waals surface area contributed by atoms with Crippen molar-refractivity contribution in [2.24, 2.45) is 5.73 Å². The van der Waals surface area contributed by atoms with Crippen LogP contribution in [0.3, 0.4) is 0 Å². The van der Waals surface area contributed by atoms with Crippen molar-refractivity contribution in [1.29, 1.82) is 5.26 Å². The topological polar surface area (TPSA) is 99.7 Å². The lowest BCUT2D eigenvalue weighted by Gasteiger charge is -2.37. The van der Waals surface area contributed by atoms with E-state index in [-0.39, 0.29) is 12.2 Å². The van der Waals surface area contributed by atoms with Gasteiger partial charge in [0.25, 0.3) is 0 Å². The predicted molar refractivity (Wildman–Crippen MR) is 234 cm³/mol. The molecule has 0 aliphatic carbocycles. The molecule has 0 saturated carbocycles. The smallest absolute Gasteiger partial charge is 0.119 e. The molecular weight excluding hydrogens is 725 g/mol. The molecule has 2 N–H and O–H groups in total. The quantitative estimate of drug-likeness (QED) is 0.166. The lowest BCUT2D eigenvalue weighted by atomic mass is 9.93. The summed E-state index contributed by atoms with van der Waals surface area (Å²) in [6, 6.07) is 31.6. The zero-order valence-electron chi connectivity index (χ0n) is 35.2. The summed E-state index contributed by atoms with van der Waals surface area (Å²) in [5.41, 5.74) is 15.6. The molecule has 0 amide bonds. The van der Waals surface area contributed by atoms with Crippen molar-refractivity contribution in [2.75, 3.05) is 103 Å². The fourth-order valence-electron chi connectivity index (χ4n) is 8.43. The van der Waals surface area contributed by atoms with Crippen LogP contribution in [0.5, 0.6) is 11.5 Å². The van der Waals surface area contributed by atoms with Gasteiger partial charge in [-0.05, 0) is 114 Å². The van der Waals surface area contributed by atoms with E-state index in [1.54, 1.807) is 14.2 Å². The number of fused-ring (bicyclic) bond motifs is 2. The van der Waals surface area contributed by atoms with E-state index in [0.29, 0.717) is 6.54 Å². The number of methoxy groups -OCH3 is 2. The molecule has 8 rings (SSSR count). The van der Waals surface area contributed by atoms with Gasteiger partial charge in [-0.3, -0.25) is 9.80 Å². The average Bonchev–Trinajstić information content (AvgIpc) is 3.31. The van der Waals surface area contributed by atoms with Crippen molar-refractivity contribution in [3.05, 3.63) is 118 Å². The van der Waals surface area contributed by atoms with Crippen LogP contribution in [0.1, 0.15) is 72.3 Å². The zero-order valence-corrected chi connectivity index (χ0v) is 35.2. The number of benzene rings is 4. The van der Waals surface area contributed by atoms with Gasteiger partial charge in [0.1, 0.15) is 11.5 Å². The minimum absolute atomic E-state index is 0.149. The SMILES string of the molecule is CC.COc1ccc(N2CCN(CCC3OCCc4cc(C#N)ccc43)CC2)cc1.COc1ccc(N2CCN(CCC3OCCc4ccc(CN)cc43)CC2)cc1. The Morgan fingerprint density at radius 1 is 0.621 bits per heavy atom. The summed E-state index contributed by atoms with van der Waals surface area (Å²) in [6.07, 6.45) is 4.32. The first kappa shape index (κ1) is 43.0. The van der Waals surface area contributed by atoms with Crippen LogP contribution in [0.2, 0.25) is 0 Å². The Hall–Kier alpha value is -4.63. The van der Waals surface area contributed by atoms with E-state index >= 15 is 0 Å². The van der Waals surface area contributed by atoms with Gasteiger partial charge in [-0.15, -0.1) is 0 Å². The number of rotatable bonds is 11. The third-order valence-electron chi connectivity index (χ3n) is 11.8. The van der Waals surface area contributed by atoms with E-state index in [0.717, 1.165) is 121 Å². The van der Waals surface area contributed by atoms with Crippen LogP contribution in [0.4, 0.5) is 11.4 Å². The summed E-state index contributed by atoms with van der Waals surface area (Å²) in [6.45, 7) is 16.8. The first-order chi connectivity index (χ1) is 28.5. The number of nitrogens with two attached hydrogens (primary N) is 1. The van der Waals surface area contributed by atoms with Gasteiger partial charge in [-0.2, -0.15) is 5.26 Å². The monoisotopic (exact) mass is 788 g/mol. The summed E-state index contributed by atoms with van der Waals surface area (Å²) in [5.74, 6) is 1.81. The number of anilines is 2. The second kappa shape index (κ2) is 21.9. The molecule has 2 unspecified atom stereocenters. The summed E-state index contributed by atoms with van der Waals surface area (Å²) >= 11 is 0. The molecule has 2 atom stereocenters. The molecule has 4 aromatic rings. The van der Waals surface area contributed by atoms with Crippen LogP contribution in [0.15, 0.2) is 84.9 Å². The molecule has 4 aliphatic heterocycles.